The molecule has 1 saturated carbocycles. The maximum Gasteiger partial charge on any atom is 0.421 e. The Morgan fingerprint density at radius 2 is 2.14 bits per heavy atom. The first-order chi connectivity index (χ1) is 13.4. The van der Waals surface area contributed by atoms with E-state index < -0.39 is 22.7 Å². The van der Waals surface area contributed by atoms with Gasteiger partial charge in [-0.2, -0.15) is 23.3 Å². The number of alkyl halides is 3. The van der Waals surface area contributed by atoms with Crippen molar-refractivity contribution in [2.45, 2.75) is 38.4 Å². The molecule has 2 N–H and O–H groups in total. The normalized spacial score (nSPS) is 19.9. The molecule has 1 aliphatic heterocycles. The van der Waals surface area contributed by atoms with Crippen LogP contribution in [0.25, 0.3) is 0 Å². The third kappa shape index (κ3) is 3.77. The van der Waals surface area contributed by atoms with Crippen LogP contribution in [0.2, 0.25) is 0 Å². The number of nitrogens with zero attached hydrogens (tertiary/aromatic N) is 5. The molecule has 2 fully saturated rings. The zero-order chi connectivity index (χ0) is 19.9. The van der Waals surface area contributed by atoms with Gasteiger partial charge in [-0.1, -0.05) is 0 Å². The van der Waals surface area contributed by atoms with Crippen molar-refractivity contribution in [1.82, 2.24) is 19.7 Å². The van der Waals surface area contributed by atoms with Crippen LogP contribution in [0, 0.1) is 0 Å². The summed E-state index contributed by atoms with van der Waals surface area (Å²) in [6, 6.07) is 1.96. The Morgan fingerprint density at radius 3 is 2.75 bits per heavy atom. The van der Waals surface area contributed by atoms with Crippen LogP contribution in [-0.2, 0) is 17.2 Å². The fourth-order valence-corrected chi connectivity index (χ4v) is 4.25. The number of hydrogen-bond donors (Lipinski definition) is 2. The van der Waals surface area contributed by atoms with Gasteiger partial charge in [-0.15, -0.1) is 0 Å². The molecule has 0 spiro atoms. The summed E-state index contributed by atoms with van der Waals surface area (Å²) in [5, 5.41) is 10.2. The van der Waals surface area contributed by atoms with Gasteiger partial charge in [-0.25, -0.2) is 13.9 Å². The van der Waals surface area contributed by atoms with E-state index in [0.717, 1.165) is 25.5 Å². The molecule has 1 unspecified atom stereocenters. The molecular formula is C16H20F3N7OS. The third-order valence-corrected chi connectivity index (χ3v) is 5.97. The van der Waals surface area contributed by atoms with E-state index in [0.29, 0.717) is 30.5 Å². The Labute approximate surface area is 162 Å². The molecule has 2 aromatic rings. The molecule has 4 rings (SSSR count). The molecule has 0 amide bonds. The molecule has 12 heteroatoms. The van der Waals surface area contributed by atoms with Gasteiger partial charge >= 0.3 is 6.18 Å². The summed E-state index contributed by atoms with van der Waals surface area (Å²) in [5.74, 6) is 1.53. The highest BCUT2D eigenvalue weighted by Crippen LogP contribution is 2.39. The van der Waals surface area contributed by atoms with Gasteiger partial charge in [0.05, 0.1) is 6.04 Å². The Bertz CT molecular complexity index is 897. The van der Waals surface area contributed by atoms with E-state index in [4.69, 9.17) is 0 Å². The molecule has 2 aliphatic rings. The van der Waals surface area contributed by atoms with Crippen molar-refractivity contribution in [3.05, 3.63) is 17.8 Å². The standard InChI is InChI=1S/C16H20F3N7OS/c1-2-20-14-11(16(17,18)19)9-21-15(23-14)22-12-8-13(24-26(12)10-4-5-10)25-6-3-7-28(25)27/h8-10H,2-7H2,1H3,(H2,20,21,22,23). The zero-order valence-electron chi connectivity index (χ0n) is 15.2. The minimum atomic E-state index is -4.54. The summed E-state index contributed by atoms with van der Waals surface area (Å²) in [6.07, 6.45) is -1.01. The van der Waals surface area contributed by atoms with Crippen molar-refractivity contribution in [3.63, 3.8) is 0 Å². The summed E-state index contributed by atoms with van der Waals surface area (Å²) in [4.78, 5) is 7.83. The monoisotopic (exact) mass is 415 g/mol. The Kier molecular flexibility index (Phi) is 4.89. The quantitative estimate of drug-likeness (QED) is 0.754. The highest BCUT2D eigenvalue weighted by Gasteiger charge is 2.35. The van der Waals surface area contributed by atoms with Gasteiger partial charge in [-0.05, 0) is 26.2 Å². The first-order valence-corrected chi connectivity index (χ1v) is 10.3. The van der Waals surface area contributed by atoms with Gasteiger partial charge in [0.1, 0.15) is 28.2 Å². The highest BCUT2D eigenvalue weighted by atomic mass is 32.2. The van der Waals surface area contributed by atoms with Gasteiger partial charge in [0, 0.05) is 31.1 Å². The van der Waals surface area contributed by atoms with E-state index >= 15 is 0 Å². The summed E-state index contributed by atoms with van der Waals surface area (Å²) < 4.78 is 55.0. The second kappa shape index (κ2) is 7.22. The van der Waals surface area contributed by atoms with Crippen LogP contribution in [0.5, 0.6) is 0 Å². The topological polar surface area (TPSA) is 88.0 Å². The molecule has 0 bridgehead atoms. The molecule has 2 aromatic heterocycles. The van der Waals surface area contributed by atoms with Gasteiger partial charge in [0.25, 0.3) is 0 Å². The van der Waals surface area contributed by atoms with E-state index in [1.807, 2.05) is 0 Å². The molecule has 1 saturated heterocycles. The molecule has 3 heterocycles. The largest absolute Gasteiger partial charge is 0.421 e. The molecule has 0 aromatic carbocycles. The highest BCUT2D eigenvalue weighted by molar-refractivity contribution is 7.86. The fourth-order valence-electron chi connectivity index (χ4n) is 3.02. The van der Waals surface area contributed by atoms with Crippen LogP contribution < -0.4 is 14.9 Å². The lowest BCUT2D eigenvalue weighted by molar-refractivity contribution is -0.137. The van der Waals surface area contributed by atoms with Crippen LogP contribution >= 0.6 is 0 Å². The van der Waals surface area contributed by atoms with Gasteiger partial charge in [0.15, 0.2) is 5.82 Å². The SMILES string of the molecule is CCNc1nc(Nc2cc(N3CCCS3=O)nn2C2CC2)ncc1C(F)(F)F. The molecule has 28 heavy (non-hydrogen) atoms. The average Bonchev–Trinajstić information content (AvgIpc) is 3.25. The van der Waals surface area contributed by atoms with Gasteiger partial charge in [0.2, 0.25) is 5.95 Å². The smallest absolute Gasteiger partial charge is 0.370 e. The van der Waals surface area contributed by atoms with E-state index in [9.17, 15) is 17.4 Å². The lowest BCUT2D eigenvalue weighted by Gasteiger charge is -2.14. The number of nitrogens with one attached hydrogen (secondary N) is 2. The number of halogens is 3. The number of aromatic nitrogens is 4. The van der Waals surface area contributed by atoms with E-state index in [1.54, 1.807) is 22.0 Å². The van der Waals surface area contributed by atoms with Crippen molar-refractivity contribution >= 4 is 34.4 Å². The summed E-state index contributed by atoms with van der Waals surface area (Å²) >= 11 is 0. The Balaban J connectivity index is 1.64. The maximum atomic E-state index is 13.1. The van der Waals surface area contributed by atoms with Gasteiger partial charge in [-0.3, -0.25) is 4.31 Å². The third-order valence-electron chi connectivity index (χ3n) is 4.48. The number of hydrogen-bond acceptors (Lipinski definition) is 6. The number of anilines is 4. The molecular weight excluding hydrogens is 395 g/mol. The van der Waals surface area contributed by atoms with Crippen LogP contribution in [0.3, 0.4) is 0 Å². The van der Waals surface area contributed by atoms with Crippen molar-refractivity contribution in [2.24, 2.45) is 0 Å². The first kappa shape index (κ1) is 19.0. The summed E-state index contributed by atoms with van der Waals surface area (Å²) in [5.41, 5.74) is -0.913. The zero-order valence-corrected chi connectivity index (χ0v) is 16.0. The summed E-state index contributed by atoms with van der Waals surface area (Å²) in [6.45, 7) is 2.65. The van der Waals surface area contributed by atoms with E-state index in [2.05, 4.69) is 25.7 Å². The molecule has 152 valence electrons. The molecule has 1 atom stereocenters. The molecule has 0 radical (unpaired) electrons. The average molecular weight is 415 g/mol. The lowest BCUT2D eigenvalue weighted by Crippen LogP contribution is -2.20. The summed E-state index contributed by atoms with van der Waals surface area (Å²) in [7, 11) is -1.10. The lowest BCUT2D eigenvalue weighted by atomic mass is 10.3. The fraction of sp³-hybridized carbons (Fsp3) is 0.562. The van der Waals surface area contributed by atoms with Crippen molar-refractivity contribution < 1.29 is 17.4 Å². The Morgan fingerprint density at radius 1 is 1.36 bits per heavy atom. The van der Waals surface area contributed by atoms with Gasteiger partial charge < -0.3 is 10.6 Å². The van der Waals surface area contributed by atoms with Crippen molar-refractivity contribution in [3.8, 4) is 0 Å². The second-order valence-corrected chi connectivity index (χ2v) is 8.15. The maximum absolute atomic E-state index is 13.1. The second-order valence-electron chi connectivity index (χ2n) is 6.65. The van der Waals surface area contributed by atoms with E-state index in [-0.39, 0.29) is 17.8 Å². The molecule has 1 aliphatic carbocycles. The van der Waals surface area contributed by atoms with Crippen LogP contribution in [-0.4, -0.2) is 42.8 Å². The number of rotatable bonds is 6. The van der Waals surface area contributed by atoms with Crippen LogP contribution in [0.15, 0.2) is 12.3 Å². The van der Waals surface area contributed by atoms with Crippen LogP contribution in [0.1, 0.15) is 37.8 Å². The van der Waals surface area contributed by atoms with Crippen molar-refractivity contribution in [1.29, 1.82) is 0 Å². The first-order valence-electron chi connectivity index (χ1n) is 9.07. The minimum Gasteiger partial charge on any atom is -0.370 e. The predicted octanol–water partition coefficient (Wildman–Crippen LogP) is 3.08. The molecule has 8 nitrogen and oxygen atoms in total. The predicted molar refractivity (Wildman–Crippen MR) is 100.0 cm³/mol. The Hall–Kier alpha value is -2.37. The van der Waals surface area contributed by atoms with Crippen molar-refractivity contribution in [2.75, 3.05) is 33.8 Å². The van der Waals surface area contributed by atoms with Crippen LogP contribution in [0.4, 0.5) is 36.6 Å². The minimum absolute atomic E-state index is 0.0415. The van der Waals surface area contributed by atoms with E-state index in [1.165, 1.54) is 0 Å².